The van der Waals surface area contributed by atoms with Gasteiger partial charge in [-0.05, 0) is 31.5 Å². The monoisotopic (exact) mass is 301 g/mol. The van der Waals surface area contributed by atoms with Gasteiger partial charge in [-0.15, -0.1) is 22.9 Å². The maximum atomic E-state index is 6.13. The van der Waals surface area contributed by atoms with Crippen LogP contribution in [0.2, 0.25) is 5.02 Å². The minimum atomic E-state index is -0.132. The summed E-state index contributed by atoms with van der Waals surface area (Å²) in [6.45, 7) is 3.94. The summed E-state index contributed by atoms with van der Waals surface area (Å²) in [4.78, 5) is 4.39. The van der Waals surface area contributed by atoms with E-state index in [1.54, 1.807) is 11.3 Å². The van der Waals surface area contributed by atoms with Crippen molar-refractivity contribution in [2.24, 2.45) is 0 Å². The van der Waals surface area contributed by atoms with E-state index in [2.05, 4.69) is 4.98 Å². The highest BCUT2D eigenvalue weighted by Gasteiger charge is 2.13. The molecule has 96 valence electrons. The van der Waals surface area contributed by atoms with Crippen LogP contribution in [0.3, 0.4) is 0 Å². The van der Waals surface area contributed by atoms with Gasteiger partial charge in [-0.25, -0.2) is 4.98 Å². The number of hydrogen-bond acceptors (Lipinski definition) is 3. The summed E-state index contributed by atoms with van der Waals surface area (Å²) in [5.74, 6) is 1.10. The molecule has 0 saturated carbocycles. The van der Waals surface area contributed by atoms with Crippen molar-refractivity contribution in [2.75, 3.05) is 0 Å². The summed E-state index contributed by atoms with van der Waals surface area (Å²) < 4.78 is 5.82. The van der Waals surface area contributed by atoms with Crippen LogP contribution < -0.4 is 4.74 Å². The van der Waals surface area contributed by atoms with Crippen LogP contribution in [0.25, 0.3) is 0 Å². The lowest BCUT2D eigenvalue weighted by Crippen LogP contribution is -2.03. The highest BCUT2D eigenvalue weighted by atomic mass is 35.5. The minimum Gasteiger partial charge on any atom is -0.482 e. The van der Waals surface area contributed by atoms with E-state index in [9.17, 15) is 0 Å². The van der Waals surface area contributed by atoms with Gasteiger partial charge in [-0.2, -0.15) is 0 Å². The van der Waals surface area contributed by atoms with Gasteiger partial charge in [-0.3, -0.25) is 0 Å². The molecule has 0 N–H and O–H groups in total. The topological polar surface area (TPSA) is 22.1 Å². The van der Waals surface area contributed by atoms with E-state index in [1.807, 2.05) is 37.4 Å². The fraction of sp³-hybridized carbons (Fsp3) is 0.308. The standard InChI is InChI=1S/C13H13Cl2NOS/c1-8-3-4-12(11(15)5-8)17-9(2)13-16-10(6-14)7-18-13/h3-5,7,9H,6H2,1-2H3. The highest BCUT2D eigenvalue weighted by Crippen LogP contribution is 2.30. The third-order valence-electron chi connectivity index (χ3n) is 2.45. The summed E-state index contributed by atoms with van der Waals surface area (Å²) in [6, 6.07) is 5.74. The van der Waals surface area contributed by atoms with E-state index in [0.29, 0.717) is 16.7 Å². The molecule has 1 aromatic carbocycles. The summed E-state index contributed by atoms with van der Waals surface area (Å²) in [6.07, 6.45) is -0.132. The molecule has 0 aliphatic rings. The summed E-state index contributed by atoms with van der Waals surface area (Å²) >= 11 is 13.4. The van der Waals surface area contributed by atoms with Crippen molar-refractivity contribution >= 4 is 34.5 Å². The second-order valence-electron chi connectivity index (χ2n) is 4.00. The normalized spacial score (nSPS) is 12.4. The van der Waals surface area contributed by atoms with Gasteiger partial charge in [0.05, 0.1) is 16.6 Å². The van der Waals surface area contributed by atoms with Gasteiger partial charge in [0.15, 0.2) is 0 Å². The van der Waals surface area contributed by atoms with Crippen LogP contribution in [0.4, 0.5) is 0 Å². The van der Waals surface area contributed by atoms with Gasteiger partial charge in [0.2, 0.25) is 0 Å². The van der Waals surface area contributed by atoms with Gasteiger partial charge in [0.25, 0.3) is 0 Å². The molecule has 18 heavy (non-hydrogen) atoms. The van der Waals surface area contributed by atoms with E-state index in [0.717, 1.165) is 16.3 Å². The van der Waals surface area contributed by atoms with Crippen molar-refractivity contribution in [3.8, 4) is 5.75 Å². The third-order valence-corrected chi connectivity index (χ3v) is 4.07. The maximum absolute atomic E-state index is 6.13. The number of hydrogen-bond donors (Lipinski definition) is 0. The molecule has 0 bridgehead atoms. The van der Waals surface area contributed by atoms with Gasteiger partial charge >= 0.3 is 0 Å². The number of alkyl halides is 1. The molecule has 0 spiro atoms. The van der Waals surface area contributed by atoms with Crippen molar-refractivity contribution in [1.29, 1.82) is 0 Å². The Hall–Kier alpha value is -0.770. The summed E-state index contributed by atoms with van der Waals surface area (Å²) in [7, 11) is 0. The predicted octanol–water partition coefficient (Wildman–Crippen LogP) is 4.98. The average molecular weight is 302 g/mol. The predicted molar refractivity (Wildman–Crippen MR) is 76.9 cm³/mol. The molecular weight excluding hydrogens is 289 g/mol. The van der Waals surface area contributed by atoms with Crippen LogP contribution in [0.5, 0.6) is 5.75 Å². The third kappa shape index (κ3) is 3.16. The smallest absolute Gasteiger partial charge is 0.147 e. The molecule has 5 heteroatoms. The Labute approximate surface area is 121 Å². The first-order valence-electron chi connectivity index (χ1n) is 5.53. The lowest BCUT2D eigenvalue weighted by Gasteiger charge is -2.13. The first-order chi connectivity index (χ1) is 8.60. The molecular formula is C13H13Cl2NOS. The Morgan fingerprint density at radius 2 is 2.22 bits per heavy atom. The molecule has 0 radical (unpaired) electrons. The Morgan fingerprint density at radius 3 is 2.83 bits per heavy atom. The second kappa shape index (κ2) is 5.91. The zero-order valence-corrected chi connectivity index (χ0v) is 12.4. The number of ether oxygens (including phenoxy) is 1. The summed E-state index contributed by atoms with van der Waals surface area (Å²) in [5.41, 5.74) is 1.99. The number of benzene rings is 1. The van der Waals surface area contributed by atoms with Crippen LogP contribution in [-0.4, -0.2) is 4.98 Å². The summed E-state index contributed by atoms with van der Waals surface area (Å²) in [5, 5.41) is 3.47. The van der Waals surface area contributed by atoms with Crippen molar-refractivity contribution in [1.82, 2.24) is 4.98 Å². The molecule has 1 aromatic heterocycles. The van der Waals surface area contributed by atoms with Crippen LogP contribution in [0.15, 0.2) is 23.6 Å². The Balaban J connectivity index is 2.13. The number of thiazole rings is 1. The quantitative estimate of drug-likeness (QED) is 0.743. The van der Waals surface area contributed by atoms with E-state index in [4.69, 9.17) is 27.9 Å². The number of rotatable bonds is 4. The molecule has 0 fully saturated rings. The van der Waals surface area contributed by atoms with Crippen molar-refractivity contribution in [3.63, 3.8) is 0 Å². The highest BCUT2D eigenvalue weighted by molar-refractivity contribution is 7.09. The molecule has 2 rings (SSSR count). The van der Waals surface area contributed by atoms with Crippen molar-refractivity contribution < 1.29 is 4.74 Å². The Morgan fingerprint density at radius 1 is 1.44 bits per heavy atom. The molecule has 2 aromatic rings. The van der Waals surface area contributed by atoms with Crippen molar-refractivity contribution in [3.05, 3.63) is 44.9 Å². The van der Waals surface area contributed by atoms with Crippen LogP contribution in [-0.2, 0) is 5.88 Å². The number of aryl methyl sites for hydroxylation is 1. The first kappa shape index (κ1) is 13.7. The zero-order valence-electron chi connectivity index (χ0n) is 10.1. The van der Waals surface area contributed by atoms with Crippen LogP contribution in [0, 0.1) is 6.92 Å². The average Bonchev–Trinajstić information content (AvgIpc) is 2.81. The van der Waals surface area contributed by atoms with Gasteiger partial charge in [0, 0.05) is 5.38 Å². The molecule has 1 unspecified atom stereocenters. The van der Waals surface area contributed by atoms with Gasteiger partial charge in [0.1, 0.15) is 16.9 Å². The lowest BCUT2D eigenvalue weighted by molar-refractivity contribution is 0.226. The zero-order chi connectivity index (χ0) is 13.1. The van der Waals surface area contributed by atoms with E-state index in [1.165, 1.54) is 0 Å². The Kier molecular flexibility index (Phi) is 4.49. The van der Waals surface area contributed by atoms with E-state index >= 15 is 0 Å². The fourth-order valence-electron chi connectivity index (χ4n) is 1.51. The minimum absolute atomic E-state index is 0.132. The van der Waals surface area contributed by atoms with Crippen molar-refractivity contribution in [2.45, 2.75) is 25.8 Å². The molecule has 1 heterocycles. The fourth-order valence-corrected chi connectivity index (χ4v) is 2.82. The molecule has 1 atom stereocenters. The van der Waals surface area contributed by atoms with Gasteiger partial charge in [-0.1, -0.05) is 17.7 Å². The van der Waals surface area contributed by atoms with E-state index in [-0.39, 0.29) is 6.10 Å². The van der Waals surface area contributed by atoms with Crippen LogP contribution in [0.1, 0.15) is 29.3 Å². The first-order valence-corrected chi connectivity index (χ1v) is 7.32. The Bertz CT molecular complexity index is 542. The second-order valence-corrected chi connectivity index (χ2v) is 5.57. The SMILES string of the molecule is Cc1ccc(OC(C)c2nc(CCl)cs2)c(Cl)c1. The number of halogens is 2. The largest absolute Gasteiger partial charge is 0.482 e. The van der Waals surface area contributed by atoms with Crippen LogP contribution >= 0.6 is 34.5 Å². The molecule has 2 nitrogen and oxygen atoms in total. The molecule has 0 amide bonds. The number of nitrogens with zero attached hydrogens (tertiary/aromatic N) is 1. The molecule has 0 aliphatic heterocycles. The van der Waals surface area contributed by atoms with Gasteiger partial charge < -0.3 is 4.74 Å². The van der Waals surface area contributed by atoms with E-state index < -0.39 is 0 Å². The maximum Gasteiger partial charge on any atom is 0.147 e. The molecule has 0 aliphatic carbocycles. The number of aromatic nitrogens is 1. The lowest BCUT2D eigenvalue weighted by atomic mass is 10.2. The molecule has 0 saturated heterocycles.